The van der Waals surface area contributed by atoms with Gasteiger partial charge in [-0.2, -0.15) is 0 Å². The monoisotopic (exact) mass is 127 g/mol. The Morgan fingerprint density at radius 3 is 2.00 bits per heavy atom. The Morgan fingerprint density at radius 2 is 2.00 bits per heavy atom. The van der Waals surface area contributed by atoms with E-state index in [-0.39, 0.29) is 41.1 Å². The van der Waals surface area contributed by atoms with E-state index in [1.54, 1.807) is 6.92 Å². The molecule has 0 amide bonds. The van der Waals surface area contributed by atoms with Crippen LogP contribution in [0.15, 0.2) is 0 Å². The van der Waals surface area contributed by atoms with Crippen molar-refractivity contribution in [3.63, 3.8) is 0 Å². The first kappa shape index (κ1) is 10.9. The summed E-state index contributed by atoms with van der Waals surface area (Å²) in [7, 11) is 2.72. The molecule has 0 unspecified atom stereocenters. The van der Waals surface area contributed by atoms with E-state index in [9.17, 15) is 4.79 Å². The number of rotatable bonds is 1. The van der Waals surface area contributed by atoms with E-state index in [1.807, 2.05) is 0 Å². The molecule has 0 fully saturated rings. The van der Waals surface area contributed by atoms with Crippen molar-refractivity contribution >= 4 is 14.8 Å². The number of carbonyl (C=O) groups is 1. The average molecular weight is 127 g/mol. The summed E-state index contributed by atoms with van der Waals surface area (Å²) in [4.78, 5) is 9.93. The predicted octanol–water partition coefficient (Wildman–Crippen LogP) is -2.99. The van der Waals surface area contributed by atoms with Crippen molar-refractivity contribution in [2.24, 2.45) is 5.73 Å². The fourth-order valence-electron chi connectivity index (χ4n) is 0. The Kier molecular flexibility index (Phi) is 8.13. The Morgan fingerprint density at radius 1 is 1.86 bits per heavy atom. The number of hydrogen-bond acceptors (Lipinski definition) is 2. The Balaban J connectivity index is 0. The molecular formula is C3H7NNaOP. The van der Waals surface area contributed by atoms with E-state index in [2.05, 4.69) is 9.24 Å². The minimum atomic E-state index is -0.373. The predicted molar refractivity (Wildman–Crippen MR) is 27.0 cm³/mol. The van der Waals surface area contributed by atoms with E-state index in [4.69, 9.17) is 5.73 Å². The molecule has 0 aromatic heterocycles. The molecule has 0 aliphatic rings. The van der Waals surface area contributed by atoms with E-state index < -0.39 is 0 Å². The third-order valence-electron chi connectivity index (χ3n) is 0.414. The number of hydrogen-bond donors (Lipinski definition) is 1. The van der Waals surface area contributed by atoms with Gasteiger partial charge in [-0.1, -0.05) is 0 Å². The van der Waals surface area contributed by atoms with Gasteiger partial charge in [0.25, 0.3) is 0 Å². The van der Waals surface area contributed by atoms with Gasteiger partial charge in [0.1, 0.15) is 0 Å². The molecule has 0 aromatic carbocycles. The standard InChI is InChI=1S/C3H7NOP.Na/c1-2(4)3(5)6;/h2,6H,4H2,1H3;/q-1;+1/t2-;/m0./s1. The first-order valence-electron chi connectivity index (χ1n) is 1.65. The van der Waals surface area contributed by atoms with Crippen LogP contribution in [0, 0.1) is 0 Å². The smallest absolute Gasteiger partial charge is 0.482 e. The van der Waals surface area contributed by atoms with Crippen molar-refractivity contribution in [1.29, 1.82) is 0 Å². The van der Waals surface area contributed by atoms with Gasteiger partial charge in [-0.15, -0.1) is 0 Å². The normalized spacial score (nSPS) is 11.9. The maximum Gasteiger partial charge on any atom is 1.00 e. The van der Waals surface area contributed by atoms with Gasteiger partial charge in [-0.3, -0.25) is 0 Å². The summed E-state index contributed by atoms with van der Waals surface area (Å²) in [6, 6.07) is -0.373. The molecule has 0 aromatic rings. The van der Waals surface area contributed by atoms with Crippen LogP contribution in [0.1, 0.15) is 6.92 Å². The van der Waals surface area contributed by atoms with Crippen molar-refractivity contribution in [3.05, 3.63) is 0 Å². The van der Waals surface area contributed by atoms with Crippen LogP contribution in [0.5, 0.6) is 0 Å². The van der Waals surface area contributed by atoms with Crippen molar-refractivity contribution in [3.8, 4) is 0 Å². The Labute approximate surface area is 67.7 Å². The largest absolute Gasteiger partial charge is 1.00 e. The fraction of sp³-hybridized carbons (Fsp3) is 0.667. The van der Waals surface area contributed by atoms with Crippen molar-refractivity contribution in [2.45, 2.75) is 13.0 Å². The molecule has 36 valence electrons. The molecular weight excluding hydrogens is 120 g/mol. The van der Waals surface area contributed by atoms with Gasteiger partial charge >= 0.3 is 29.6 Å². The van der Waals surface area contributed by atoms with E-state index >= 15 is 0 Å². The number of carbonyl (C=O) groups excluding carboxylic acids is 1. The maximum atomic E-state index is 9.93. The molecule has 0 rings (SSSR count). The minimum Gasteiger partial charge on any atom is -0.482 e. The fourth-order valence-corrected chi connectivity index (χ4v) is 0. The van der Waals surface area contributed by atoms with Crippen LogP contribution in [-0.4, -0.2) is 11.6 Å². The molecule has 0 spiro atoms. The van der Waals surface area contributed by atoms with Crippen molar-refractivity contribution < 1.29 is 34.4 Å². The third kappa shape index (κ3) is 7.06. The van der Waals surface area contributed by atoms with E-state index in [1.165, 1.54) is 0 Å². The summed E-state index contributed by atoms with van der Waals surface area (Å²) in [5, 5.41) is 0. The quantitative estimate of drug-likeness (QED) is 0.301. The van der Waals surface area contributed by atoms with Gasteiger partial charge in [0.15, 0.2) is 0 Å². The zero-order chi connectivity index (χ0) is 5.15. The van der Waals surface area contributed by atoms with Crippen LogP contribution in [0.25, 0.3) is 0 Å². The van der Waals surface area contributed by atoms with Crippen LogP contribution in [0.3, 0.4) is 0 Å². The second-order valence-corrected chi connectivity index (χ2v) is 1.65. The first-order chi connectivity index (χ1) is 2.64. The van der Waals surface area contributed by atoms with Crippen LogP contribution >= 0.6 is 9.24 Å². The van der Waals surface area contributed by atoms with Gasteiger partial charge in [0, 0.05) is 6.04 Å². The second-order valence-electron chi connectivity index (χ2n) is 1.15. The van der Waals surface area contributed by atoms with Gasteiger partial charge in [-0.25, -0.2) is 0 Å². The molecule has 0 heterocycles. The molecule has 2 nitrogen and oxygen atoms in total. The zero-order valence-corrected chi connectivity index (χ0v) is 7.56. The van der Waals surface area contributed by atoms with E-state index in [0.717, 1.165) is 0 Å². The maximum absolute atomic E-state index is 9.93. The van der Waals surface area contributed by atoms with Gasteiger partial charge in [0.05, 0.1) is 0 Å². The second kappa shape index (κ2) is 5.20. The topological polar surface area (TPSA) is 43.1 Å². The molecule has 1 atom stereocenters. The summed E-state index contributed by atoms with van der Waals surface area (Å²) < 4.78 is 0. The van der Waals surface area contributed by atoms with Crippen LogP contribution in [0.2, 0.25) is 0 Å². The molecule has 0 saturated heterocycles. The molecule has 0 aliphatic heterocycles. The van der Waals surface area contributed by atoms with E-state index in [0.29, 0.717) is 0 Å². The van der Waals surface area contributed by atoms with Gasteiger partial charge < -0.3 is 19.8 Å². The van der Waals surface area contributed by atoms with Crippen LogP contribution in [-0.2, 0) is 4.79 Å². The van der Waals surface area contributed by atoms with Crippen LogP contribution < -0.4 is 35.3 Å². The Hall–Kier alpha value is 1.06. The zero-order valence-electron chi connectivity index (χ0n) is 4.56. The number of nitrogens with two attached hydrogens (primary N) is 1. The molecule has 0 aliphatic carbocycles. The minimum absolute atomic E-state index is 0. The van der Waals surface area contributed by atoms with Crippen molar-refractivity contribution in [1.82, 2.24) is 0 Å². The third-order valence-corrected chi connectivity index (χ3v) is 0.869. The van der Waals surface area contributed by atoms with Crippen molar-refractivity contribution in [2.75, 3.05) is 0 Å². The molecule has 0 saturated carbocycles. The molecule has 4 heteroatoms. The summed E-state index contributed by atoms with van der Waals surface area (Å²) in [5.74, 6) is 0. The molecule has 2 N–H and O–H groups in total. The Bertz CT molecular complexity index is 66.0. The molecule has 0 bridgehead atoms. The van der Waals surface area contributed by atoms with Gasteiger partial charge in [-0.05, 0) is 12.4 Å². The summed E-state index contributed by atoms with van der Waals surface area (Å²) in [6.45, 7) is 1.62. The summed E-state index contributed by atoms with van der Waals surface area (Å²) >= 11 is 0. The SMILES string of the molecule is C[C@H](N)C(=O)[PH-].[Na+]. The average Bonchev–Trinajstić information content (AvgIpc) is 1.36. The van der Waals surface area contributed by atoms with Gasteiger partial charge in [0.2, 0.25) is 0 Å². The first-order valence-corrected chi connectivity index (χ1v) is 2.15. The molecule has 0 radical (unpaired) electrons. The summed E-state index contributed by atoms with van der Waals surface area (Å²) in [5.41, 5.74) is 4.88. The molecule has 7 heavy (non-hydrogen) atoms. The summed E-state index contributed by atoms with van der Waals surface area (Å²) in [6.07, 6.45) is 0. The van der Waals surface area contributed by atoms with Crippen LogP contribution in [0.4, 0.5) is 0 Å².